The van der Waals surface area contributed by atoms with Gasteiger partial charge in [0.1, 0.15) is 16.3 Å². The topological polar surface area (TPSA) is 61.9 Å². The van der Waals surface area contributed by atoms with E-state index in [4.69, 9.17) is 0 Å². The Hall–Kier alpha value is -1.93. The average molecular weight is 348 g/mol. The molecular weight excluding hydrogens is 335 g/mol. The first kappa shape index (κ1) is 14.6. The molecule has 3 heterocycles. The Morgan fingerprint density at radius 3 is 3.13 bits per heavy atom. The second-order valence-corrected chi connectivity index (χ2v) is 7.29. The molecule has 0 radical (unpaired) electrons. The maximum atomic E-state index is 13.8. The quantitative estimate of drug-likeness (QED) is 0.773. The van der Waals surface area contributed by atoms with Crippen LogP contribution in [0, 0.1) is 5.82 Å². The molecule has 1 amide bonds. The van der Waals surface area contributed by atoms with Crippen LogP contribution in [0.15, 0.2) is 30.0 Å². The van der Waals surface area contributed by atoms with Gasteiger partial charge in [0.15, 0.2) is 0 Å². The van der Waals surface area contributed by atoms with Crippen LogP contribution in [0.5, 0.6) is 0 Å². The van der Waals surface area contributed by atoms with Crippen LogP contribution in [-0.4, -0.2) is 43.8 Å². The number of hydrogen-bond acceptors (Lipinski definition) is 5. The maximum absolute atomic E-state index is 13.8. The summed E-state index contributed by atoms with van der Waals surface area (Å²) in [6.45, 7) is 0.621. The molecule has 0 spiro atoms. The van der Waals surface area contributed by atoms with Crippen LogP contribution in [-0.2, 0) is 0 Å². The molecule has 0 saturated carbocycles. The van der Waals surface area contributed by atoms with Crippen molar-refractivity contribution in [2.24, 2.45) is 0 Å². The monoisotopic (exact) mass is 348 g/mol. The Balaban J connectivity index is 1.75. The van der Waals surface area contributed by atoms with E-state index in [1.807, 2.05) is 5.38 Å². The van der Waals surface area contributed by atoms with Crippen LogP contribution in [0.1, 0.15) is 21.4 Å². The summed E-state index contributed by atoms with van der Waals surface area (Å²) in [4.78, 5) is 26.2. The van der Waals surface area contributed by atoms with Gasteiger partial charge in [0.25, 0.3) is 5.91 Å². The van der Waals surface area contributed by atoms with Crippen molar-refractivity contribution >= 4 is 40.0 Å². The van der Waals surface area contributed by atoms with E-state index >= 15 is 0 Å². The van der Waals surface area contributed by atoms with Gasteiger partial charge in [-0.3, -0.25) is 4.79 Å². The lowest BCUT2D eigenvalue weighted by molar-refractivity contribution is 0.0702. The van der Waals surface area contributed by atoms with Gasteiger partial charge in [-0.25, -0.2) is 14.4 Å². The van der Waals surface area contributed by atoms with Crippen molar-refractivity contribution in [1.82, 2.24) is 19.9 Å². The zero-order chi connectivity index (χ0) is 15.8. The largest absolute Gasteiger partial charge is 0.344 e. The van der Waals surface area contributed by atoms with E-state index in [2.05, 4.69) is 15.0 Å². The van der Waals surface area contributed by atoms with Gasteiger partial charge in [-0.15, -0.1) is 11.3 Å². The number of H-pyrrole nitrogens is 1. The number of aromatic nitrogens is 3. The van der Waals surface area contributed by atoms with Crippen molar-refractivity contribution < 1.29 is 9.18 Å². The molecular formula is C15H13FN4OS2. The average Bonchev–Trinajstić information content (AvgIpc) is 3.24. The number of nitrogens with zero attached hydrogens (tertiary/aromatic N) is 3. The standard InChI is InChI=1S/C15H13FN4OS2/c16-9-5-10(13-11(6-9)18-8-19-13)15(21)20-2-4-22-7-12(20)14-17-1-3-23-14/h1,3,5-6,8,12H,2,4,7H2,(H,18,19)/t12-/m0/s1. The third-order valence-corrected chi connectivity index (χ3v) is 5.74. The highest BCUT2D eigenvalue weighted by atomic mass is 32.2. The fraction of sp³-hybridized carbons (Fsp3) is 0.267. The van der Waals surface area contributed by atoms with Crippen molar-refractivity contribution in [3.05, 3.63) is 46.4 Å². The van der Waals surface area contributed by atoms with E-state index in [9.17, 15) is 9.18 Å². The number of fused-ring (bicyclic) bond motifs is 1. The number of imidazole rings is 1. The van der Waals surface area contributed by atoms with Crippen LogP contribution >= 0.6 is 23.1 Å². The summed E-state index contributed by atoms with van der Waals surface area (Å²) in [5, 5.41) is 2.82. The summed E-state index contributed by atoms with van der Waals surface area (Å²) in [7, 11) is 0. The molecule has 5 nitrogen and oxygen atoms in total. The summed E-state index contributed by atoms with van der Waals surface area (Å²) in [5.41, 5.74) is 1.34. The highest BCUT2D eigenvalue weighted by molar-refractivity contribution is 7.99. The molecule has 8 heteroatoms. The molecule has 1 aliphatic heterocycles. The van der Waals surface area contributed by atoms with E-state index in [1.165, 1.54) is 18.5 Å². The van der Waals surface area contributed by atoms with E-state index in [0.717, 1.165) is 16.5 Å². The Morgan fingerprint density at radius 2 is 2.30 bits per heavy atom. The number of thiazole rings is 1. The second-order valence-electron chi connectivity index (χ2n) is 5.21. The number of nitrogens with one attached hydrogen (secondary N) is 1. The van der Waals surface area contributed by atoms with Gasteiger partial charge in [-0.05, 0) is 12.1 Å². The zero-order valence-electron chi connectivity index (χ0n) is 12.0. The first-order chi connectivity index (χ1) is 11.2. The normalized spacial score (nSPS) is 18.5. The summed E-state index contributed by atoms with van der Waals surface area (Å²) in [5.74, 6) is 1.04. The zero-order valence-corrected chi connectivity index (χ0v) is 13.7. The number of carbonyl (C=O) groups is 1. The highest BCUT2D eigenvalue weighted by Crippen LogP contribution is 2.32. The summed E-state index contributed by atoms with van der Waals surface area (Å²) >= 11 is 3.34. The van der Waals surface area contributed by atoms with Gasteiger partial charge in [0.05, 0.1) is 23.4 Å². The number of rotatable bonds is 2. The van der Waals surface area contributed by atoms with Crippen molar-refractivity contribution in [1.29, 1.82) is 0 Å². The summed E-state index contributed by atoms with van der Waals surface area (Å²) < 4.78 is 13.8. The number of halogens is 1. The van der Waals surface area contributed by atoms with Crippen LogP contribution in [0.3, 0.4) is 0 Å². The third-order valence-electron chi connectivity index (χ3n) is 3.84. The van der Waals surface area contributed by atoms with Crippen LogP contribution < -0.4 is 0 Å². The van der Waals surface area contributed by atoms with Gasteiger partial charge in [0, 0.05) is 29.6 Å². The molecule has 0 aliphatic carbocycles. The van der Waals surface area contributed by atoms with Gasteiger partial charge in [-0.2, -0.15) is 11.8 Å². The van der Waals surface area contributed by atoms with Crippen LogP contribution in [0.4, 0.5) is 4.39 Å². The molecule has 1 fully saturated rings. The molecule has 23 heavy (non-hydrogen) atoms. The molecule has 2 aromatic heterocycles. The first-order valence-corrected chi connectivity index (χ1v) is 9.18. The minimum Gasteiger partial charge on any atom is -0.344 e. The molecule has 4 rings (SSSR count). The van der Waals surface area contributed by atoms with E-state index in [0.29, 0.717) is 23.1 Å². The van der Waals surface area contributed by atoms with Crippen molar-refractivity contribution in [2.75, 3.05) is 18.1 Å². The number of hydrogen-bond donors (Lipinski definition) is 1. The Bertz CT molecular complexity index is 848. The molecule has 1 N–H and O–H groups in total. The minimum absolute atomic E-state index is 0.0708. The minimum atomic E-state index is -0.442. The van der Waals surface area contributed by atoms with Gasteiger partial charge >= 0.3 is 0 Å². The van der Waals surface area contributed by atoms with E-state index in [1.54, 1.807) is 34.2 Å². The molecule has 1 atom stereocenters. The molecule has 118 valence electrons. The highest BCUT2D eigenvalue weighted by Gasteiger charge is 2.32. The molecule has 0 bridgehead atoms. The molecule has 0 unspecified atom stereocenters. The third kappa shape index (κ3) is 2.61. The second kappa shape index (κ2) is 5.93. The van der Waals surface area contributed by atoms with Crippen molar-refractivity contribution in [3.8, 4) is 0 Å². The maximum Gasteiger partial charge on any atom is 0.256 e. The van der Waals surface area contributed by atoms with Crippen molar-refractivity contribution in [3.63, 3.8) is 0 Å². The van der Waals surface area contributed by atoms with Crippen molar-refractivity contribution in [2.45, 2.75) is 6.04 Å². The summed E-state index contributed by atoms with van der Waals surface area (Å²) in [6.07, 6.45) is 3.22. The first-order valence-electron chi connectivity index (χ1n) is 7.15. The molecule has 1 saturated heterocycles. The lowest BCUT2D eigenvalue weighted by Crippen LogP contribution is -2.40. The lowest BCUT2D eigenvalue weighted by Gasteiger charge is -2.34. The van der Waals surface area contributed by atoms with Crippen LogP contribution in [0.2, 0.25) is 0 Å². The fourth-order valence-corrected chi connectivity index (χ4v) is 4.69. The predicted octanol–water partition coefficient (Wildman–Crippen LogP) is 3.09. The smallest absolute Gasteiger partial charge is 0.256 e. The van der Waals surface area contributed by atoms with E-state index < -0.39 is 5.82 Å². The van der Waals surface area contributed by atoms with Gasteiger partial charge in [0.2, 0.25) is 0 Å². The number of aromatic amines is 1. The number of thioether (sulfide) groups is 1. The SMILES string of the molecule is O=C(c1cc(F)cc2[nH]cnc12)N1CCSC[C@H]1c1nccs1. The van der Waals surface area contributed by atoms with Gasteiger partial charge in [-0.1, -0.05) is 0 Å². The number of amides is 1. The Labute approximate surface area is 139 Å². The fourth-order valence-electron chi connectivity index (χ4n) is 2.78. The molecule has 3 aromatic rings. The summed E-state index contributed by atoms with van der Waals surface area (Å²) in [6, 6.07) is 2.55. The van der Waals surface area contributed by atoms with Crippen LogP contribution in [0.25, 0.3) is 11.0 Å². The number of benzene rings is 1. The molecule has 1 aliphatic rings. The predicted molar refractivity (Wildman–Crippen MR) is 89.3 cm³/mol. The Kier molecular flexibility index (Phi) is 3.78. The Morgan fingerprint density at radius 1 is 1.39 bits per heavy atom. The lowest BCUT2D eigenvalue weighted by atomic mass is 10.1. The molecule has 1 aromatic carbocycles. The number of carbonyl (C=O) groups excluding carboxylic acids is 1. The van der Waals surface area contributed by atoms with E-state index in [-0.39, 0.29) is 11.9 Å². The van der Waals surface area contributed by atoms with Gasteiger partial charge < -0.3 is 9.88 Å².